The van der Waals surface area contributed by atoms with E-state index < -0.39 is 11.8 Å². The van der Waals surface area contributed by atoms with Gasteiger partial charge in [-0.05, 0) is 24.3 Å². The molecular formula is C15H13Cl2N3O3. The lowest BCUT2D eigenvalue weighted by Crippen LogP contribution is -2.33. The number of nitrogens with one attached hydrogen (secondary N) is 2. The number of aromatic nitrogens is 1. The zero-order chi connectivity index (χ0) is 16.8. The molecular weight excluding hydrogens is 341 g/mol. The van der Waals surface area contributed by atoms with Gasteiger partial charge in [-0.1, -0.05) is 23.2 Å². The van der Waals surface area contributed by atoms with Crippen LogP contribution in [0.5, 0.6) is 5.88 Å². The van der Waals surface area contributed by atoms with E-state index in [1.165, 1.54) is 25.4 Å². The molecule has 2 rings (SSSR count). The predicted octanol–water partition coefficient (Wildman–Crippen LogP) is 2.77. The van der Waals surface area contributed by atoms with Gasteiger partial charge in [0, 0.05) is 11.1 Å². The highest BCUT2D eigenvalue weighted by Gasteiger charge is 2.12. The van der Waals surface area contributed by atoms with Crippen molar-refractivity contribution < 1.29 is 14.3 Å². The number of hydrogen-bond donors (Lipinski definition) is 2. The molecule has 0 aliphatic heterocycles. The molecule has 0 spiro atoms. The molecule has 1 aromatic heterocycles. The lowest BCUT2D eigenvalue weighted by molar-refractivity contribution is -0.115. The molecule has 8 heteroatoms. The fraction of sp³-hybridized carbons (Fsp3) is 0.133. The average molecular weight is 354 g/mol. The third-order valence-corrected chi connectivity index (χ3v) is 3.36. The number of carbonyl (C=O) groups excluding carboxylic acids is 2. The third-order valence-electron chi connectivity index (χ3n) is 2.81. The molecule has 0 fully saturated rings. The van der Waals surface area contributed by atoms with Crippen LogP contribution in [0, 0.1) is 0 Å². The van der Waals surface area contributed by atoms with Gasteiger partial charge in [-0.15, -0.1) is 0 Å². The first-order valence-corrected chi connectivity index (χ1v) is 7.28. The van der Waals surface area contributed by atoms with Gasteiger partial charge in [0.15, 0.2) is 0 Å². The number of carbonyl (C=O) groups is 2. The molecule has 1 heterocycles. The van der Waals surface area contributed by atoms with E-state index in [0.29, 0.717) is 16.6 Å². The van der Waals surface area contributed by atoms with E-state index >= 15 is 0 Å². The number of amides is 2. The van der Waals surface area contributed by atoms with Crippen molar-refractivity contribution in [3.63, 3.8) is 0 Å². The van der Waals surface area contributed by atoms with Crippen LogP contribution in [0.4, 0.5) is 5.69 Å². The number of pyridine rings is 1. The Kier molecular flexibility index (Phi) is 5.78. The highest BCUT2D eigenvalue weighted by molar-refractivity contribution is 6.36. The lowest BCUT2D eigenvalue weighted by Gasteiger charge is -2.08. The summed E-state index contributed by atoms with van der Waals surface area (Å²) in [5.74, 6) is -0.418. The van der Waals surface area contributed by atoms with Gasteiger partial charge in [-0.3, -0.25) is 9.59 Å². The van der Waals surface area contributed by atoms with Gasteiger partial charge in [0.25, 0.3) is 5.91 Å². The standard InChI is InChI=1S/C15H13Cl2N3O3/c1-23-14-5-3-10(7-18-14)20-13(21)8-19-15(22)11-4-2-9(16)6-12(11)17/h2-7H,8H2,1H3,(H,19,22)(H,20,21). The van der Waals surface area contributed by atoms with Crippen molar-refractivity contribution in [1.29, 1.82) is 0 Å². The normalized spacial score (nSPS) is 10.0. The first kappa shape index (κ1) is 17.1. The summed E-state index contributed by atoms with van der Waals surface area (Å²) in [7, 11) is 1.50. The summed E-state index contributed by atoms with van der Waals surface area (Å²) in [6, 6.07) is 7.75. The largest absolute Gasteiger partial charge is 0.481 e. The minimum Gasteiger partial charge on any atom is -0.481 e. The maximum Gasteiger partial charge on any atom is 0.253 e. The maximum absolute atomic E-state index is 12.0. The van der Waals surface area contributed by atoms with Crippen molar-refractivity contribution in [2.75, 3.05) is 19.0 Å². The van der Waals surface area contributed by atoms with Gasteiger partial charge in [0.1, 0.15) is 0 Å². The Balaban J connectivity index is 1.89. The second kappa shape index (κ2) is 7.80. The van der Waals surface area contributed by atoms with Crippen LogP contribution in [0.2, 0.25) is 10.0 Å². The van der Waals surface area contributed by atoms with E-state index in [4.69, 9.17) is 27.9 Å². The minimum atomic E-state index is -0.463. The van der Waals surface area contributed by atoms with E-state index in [1.807, 2.05) is 0 Å². The molecule has 120 valence electrons. The fourth-order valence-electron chi connectivity index (χ4n) is 1.71. The maximum atomic E-state index is 12.0. The molecule has 0 saturated carbocycles. The van der Waals surface area contributed by atoms with Crippen molar-refractivity contribution in [3.05, 3.63) is 52.1 Å². The highest BCUT2D eigenvalue weighted by Crippen LogP contribution is 2.20. The molecule has 0 radical (unpaired) electrons. The van der Waals surface area contributed by atoms with E-state index in [-0.39, 0.29) is 17.1 Å². The van der Waals surface area contributed by atoms with Crippen LogP contribution in [0.3, 0.4) is 0 Å². The molecule has 0 saturated heterocycles. The first-order valence-electron chi connectivity index (χ1n) is 6.52. The molecule has 6 nitrogen and oxygen atoms in total. The van der Waals surface area contributed by atoms with E-state index in [2.05, 4.69) is 15.6 Å². The van der Waals surface area contributed by atoms with Gasteiger partial charge in [0.05, 0.1) is 36.1 Å². The number of ether oxygens (including phenoxy) is 1. The summed E-state index contributed by atoms with van der Waals surface area (Å²) >= 11 is 11.7. The van der Waals surface area contributed by atoms with Gasteiger partial charge < -0.3 is 15.4 Å². The zero-order valence-corrected chi connectivity index (χ0v) is 13.6. The van der Waals surface area contributed by atoms with Gasteiger partial charge in [0.2, 0.25) is 11.8 Å². The van der Waals surface area contributed by atoms with Crippen molar-refractivity contribution >= 4 is 40.7 Å². The van der Waals surface area contributed by atoms with Gasteiger partial charge in [-0.25, -0.2) is 4.98 Å². The van der Waals surface area contributed by atoms with Crippen molar-refractivity contribution in [1.82, 2.24) is 10.3 Å². The van der Waals surface area contributed by atoms with Crippen LogP contribution in [0.25, 0.3) is 0 Å². The summed E-state index contributed by atoms with van der Waals surface area (Å²) in [5, 5.41) is 5.72. The van der Waals surface area contributed by atoms with E-state index in [0.717, 1.165) is 0 Å². The summed E-state index contributed by atoms with van der Waals surface area (Å²) in [4.78, 5) is 27.7. The molecule has 0 unspecified atom stereocenters. The van der Waals surface area contributed by atoms with Gasteiger partial charge in [-0.2, -0.15) is 0 Å². The van der Waals surface area contributed by atoms with Crippen molar-refractivity contribution in [2.45, 2.75) is 0 Å². The Hall–Kier alpha value is -2.31. The van der Waals surface area contributed by atoms with Crippen LogP contribution in [-0.2, 0) is 4.79 Å². The first-order chi connectivity index (χ1) is 11.0. The number of nitrogens with zero attached hydrogens (tertiary/aromatic N) is 1. The Morgan fingerprint density at radius 2 is 2.00 bits per heavy atom. The number of methoxy groups -OCH3 is 1. The van der Waals surface area contributed by atoms with Crippen molar-refractivity contribution in [3.8, 4) is 5.88 Å². The number of halogens is 2. The second-order valence-corrected chi connectivity index (χ2v) is 5.29. The Morgan fingerprint density at radius 3 is 2.61 bits per heavy atom. The molecule has 1 aromatic carbocycles. The highest BCUT2D eigenvalue weighted by atomic mass is 35.5. The SMILES string of the molecule is COc1ccc(NC(=O)CNC(=O)c2ccc(Cl)cc2Cl)cn1. The summed E-state index contributed by atoms with van der Waals surface area (Å²) in [5.41, 5.74) is 0.740. The van der Waals surface area contributed by atoms with Crippen molar-refractivity contribution in [2.24, 2.45) is 0 Å². The Labute approximate surface area is 142 Å². The minimum absolute atomic E-state index is 0.205. The molecule has 2 aromatic rings. The Morgan fingerprint density at radius 1 is 1.22 bits per heavy atom. The number of hydrogen-bond acceptors (Lipinski definition) is 4. The van der Waals surface area contributed by atoms with Crippen LogP contribution < -0.4 is 15.4 Å². The molecule has 0 bridgehead atoms. The smallest absolute Gasteiger partial charge is 0.253 e. The quantitative estimate of drug-likeness (QED) is 0.865. The molecule has 0 aliphatic rings. The van der Waals surface area contributed by atoms with Crippen LogP contribution in [0.15, 0.2) is 36.5 Å². The lowest BCUT2D eigenvalue weighted by atomic mass is 10.2. The van der Waals surface area contributed by atoms with Crippen LogP contribution in [-0.4, -0.2) is 30.5 Å². The molecule has 0 atom stereocenters. The van der Waals surface area contributed by atoms with E-state index in [1.54, 1.807) is 18.2 Å². The third kappa shape index (κ3) is 4.84. The molecule has 2 N–H and O–H groups in total. The molecule has 2 amide bonds. The summed E-state index contributed by atoms with van der Waals surface area (Å²) in [6.07, 6.45) is 1.45. The Bertz CT molecular complexity index is 720. The summed E-state index contributed by atoms with van der Waals surface area (Å²) in [6.45, 7) is -0.205. The number of anilines is 1. The fourth-order valence-corrected chi connectivity index (χ4v) is 2.20. The molecule has 23 heavy (non-hydrogen) atoms. The second-order valence-electron chi connectivity index (χ2n) is 4.44. The van der Waals surface area contributed by atoms with E-state index in [9.17, 15) is 9.59 Å². The average Bonchev–Trinajstić information content (AvgIpc) is 2.53. The zero-order valence-electron chi connectivity index (χ0n) is 12.1. The monoisotopic (exact) mass is 353 g/mol. The topological polar surface area (TPSA) is 80.3 Å². The summed E-state index contributed by atoms with van der Waals surface area (Å²) < 4.78 is 4.92. The van der Waals surface area contributed by atoms with Crippen LogP contribution >= 0.6 is 23.2 Å². The van der Waals surface area contributed by atoms with Gasteiger partial charge >= 0.3 is 0 Å². The predicted molar refractivity (Wildman–Crippen MR) is 88.2 cm³/mol. The van der Waals surface area contributed by atoms with Crippen LogP contribution in [0.1, 0.15) is 10.4 Å². The number of benzene rings is 1. The molecule has 0 aliphatic carbocycles. The number of rotatable bonds is 5.